The van der Waals surface area contributed by atoms with Gasteiger partial charge >= 0.3 is 12.0 Å². The first-order valence-electron chi connectivity index (χ1n) is 5.88. The number of nitrogens with one attached hydrogen (secondary N) is 2. The number of carboxylic acid groups (broad SMARTS) is 1. The lowest BCUT2D eigenvalue weighted by Crippen LogP contribution is -2.46. The fourth-order valence-corrected chi connectivity index (χ4v) is 1.52. The molecule has 0 saturated carbocycles. The number of urea groups is 1. The van der Waals surface area contributed by atoms with Crippen LogP contribution < -0.4 is 10.6 Å². The van der Waals surface area contributed by atoms with Gasteiger partial charge in [0, 0.05) is 32.8 Å². The Balaban J connectivity index is 2.28. The van der Waals surface area contributed by atoms with Gasteiger partial charge in [0.05, 0.1) is 6.20 Å². The smallest absolute Gasteiger partial charge is 0.326 e. The molecule has 19 heavy (non-hydrogen) atoms. The Bertz CT molecular complexity index is 432. The van der Waals surface area contributed by atoms with Gasteiger partial charge in [-0.1, -0.05) is 0 Å². The van der Waals surface area contributed by atoms with E-state index < -0.39 is 18.0 Å². The van der Waals surface area contributed by atoms with E-state index in [9.17, 15) is 9.59 Å². The Morgan fingerprint density at radius 2 is 2.26 bits per heavy atom. The van der Waals surface area contributed by atoms with E-state index in [1.54, 1.807) is 17.9 Å². The van der Waals surface area contributed by atoms with Crippen LogP contribution >= 0.6 is 0 Å². The lowest BCUT2D eigenvalue weighted by Gasteiger charge is -2.13. The Morgan fingerprint density at radius 3 is 2.79 bits per heavy atom. The highest BCUT2D eigenvalue weighted by Crippen LogP contribution is 1.96. The Morgan fingerprint density at radius 1 is 1.53 bits per heavy atom. The van der Waals surface area contributed by atoms with Crippen molar-refractivity contribution in [2.75, 3.05) is 13.2 Å². The molecule has 106 valence electrons. The number of rotatable bonds is 7. The number of aliphatic carboxylic acids is 1. The average Bonchev–Trinajstić information content (AvgIpc) is 2.74. The molecule has 1 aromatic heterocycles. The summed E-state index contributed by atoms with van der Waals surface area (Å²) in [6.45, 7) is 0.0793. The summed E-state index contributed by atoms with van der Waals surface area (Å²) in [5.74, 6) is -1.17. The summed E-state index contributed by atoms with van der Waals surface area (Å²) in [5.41, 5.74) is 0.980. The molecular weight excluding hydrogens is 252 g/mol. The van der Waals surface area contributed by atoms with Gasteiger partial charge in [0.25, 0.3) is 0 Å². The monoisotopic (exact) mass is 270 g/mol. The molecule has 8 heteroatoms. The fraction of sp³-hybridized carbons (Fsp3) is 0.545. The van der Waals surface area contributed by atoms with Crippen molar-refractivity contribution >= 4 is 12.0 Å². The number of carboxylic acids is 1. The van der Waals surface area contributed by atoms with Crippen LogP contribution in [0.2, 0.25) is 0 Å². The highest BCUT2D eigenvalue weighted by atomic mass is 16.4. The van der Waals surface area contributed by atoms with Crippen molar-refractivity contribution in [3.05, 3.63) is 18.0 Å². The minimum Gasteiger partial charge on any atom is -0.480 e. The molecule has 0 spiro atoms. The number of aliphatic hydroxyl groups is 1. The second kappa shape index (κ2) is 7.37. The lowest BCUT2D eigenvalue weighted by molar-refractivity contribution is -0.139. The summed E-state index contributed by atoms with van der Waals surface area (Å²) in [7, 11) is 1.80. The zero-order valence-corrected chi connectivity index (χ0v) is 10.7. The van der Waals surface area contributed by atoms with Gasteiger partial charge in [-0.3, -0.25) is 4.68 Å². The number of carbonyl (C=O) groups excluding carboxylic acids is 1. The number of nitrogens with zero attached hydrogens (tertiary/aromatic N) is 2. The van der Waals surface area contributed by atoms with Crippen LogP contribution in [0, 0.1) is 0 Å². The average molecular weight is 270 g/mol. The first-order chi connectivity index (χ1) is 9.02. The van der Waals surface area contributed by atoms with Gasteiger partial charge in [0.2, 0.25) is 0 Å². The maximum atomic E-state index is 11.4. The quantitative estimate of drug-likeness (QED) is 0.512. The molecule has 0 fully saturated rings. The molecule has 0 bridgehead atoms. The molecule has 0 radical (unpaired) electrons. The zero-order chi connectivity index (χ0) is 14.3. The van der Waals surface area contributed by atoms with E-state index >= 15 is 0 Å². The summed E-state index contributed by atoms with van der Waals surface area (Å²) in [5, 5.41) is 26.3. The van der Waals surface area contributed by atoms with Gasteiger partial charge < -0.3 is 20.8 Å². The molecule has 4 N–H and O–H groups in total. The van der Waals surface area contributed by atoms with Crippen LogP contribution in [0.25, 0.3) is 0 Å². The van der Waals surface area contributed by atoms with Crippen LogP contribution in [0.1, 0.15) is 12.0 Å². The van der Waals surface area contributed by atoms with E-state index in [1.807, 2.05) is 6.20 Å². The van der Waals surface area contributed by atoms with Crippen LogP contribution in [0.15, 0.2) is 12.4 Å². The van der Waals surface area contributed by atoms with Crippen molar-refractivity contribution in [3.63, 3.8) is 0 Å². The van der Waals surface area contributed by atoms with Crippen molar-refractivity contribution in [2.45, 2.75) is 18.9 Å². The number of hydrogen-bond acceptors (Lipinski definition) is 4. The van der Waals surface area contributed by atoms with Crippen LogP contribution in [0.5, 0.6) is 0 Å². The number of aryl methyl sites for hydroxylation is 1. The summed E-state index contributed by atoms with van der Waals surface area (Å²) in [4.78, 5) is 22.2. The second-order valence-corrected chi connectivity index (χ2v) is 4.08. The van der Waals surface area contributed by atoms with E-state index in [0.717, 1.165) is 5.56 Å². The Hall–Kier alpha value is -2.09. The highest BCUT2D eigenvalue weighted by Gasteiger charge is 2.18. The summed E-state index contributed by atoms with van der Waals surface area (Å²) in [6, 6.07) is -1.65. The van der Waals surface area contributed by atoms with Crippen molar-refractivity contribution in [1.29, 1.82) is 0 Å². The molecule has 1 atom stereocenters. The molecule has 0 aromatic carbocycles. The third-order valence-corrected chi connectivity index (χ3v) is 2.48. The third kappa shape index (κ3) is 5.38. The van der Waals surface area contributed by atoms with E-state index in [1.165, 1.54) is 0 Å². The molecule has 2 amide bonds. The molecule has 0 unspecified atom stereocenters. The molecule has 0 saturated heterocycles. The zero-order valence-electron chi connectivity index (χ0n) is 10.7. The highest BCUT2D eigenvalue weighted by molar-refractivity contribution is 5.82. The van der Waals surface area contributed by atoms with Gasteiger partial charge in [-0.2, -0.15) is 5.10 Å². The maximum absolute atomic E-state index is 11.4. The summed E-state index contributed by atoms with van der Waals surface area (Å²) < 4.78 is 1.66. The number of aliphatic hydroxyl groups excluding tert-OH is 1. The molecule has 0 aliphatic carbocycles. The first-order valence-corrected chi connectivity index (χ1v) is 5.88. The Kier molecular flexibility index (Phi) is 5.80. The van der Waals surface area contributed by atoms with Gasteiger partial charge in [0.1, 0.15) is 6.04 Å². The van der Waals surface area contributed by atoms with E-state index in [-0.39, 0.29) is 13.0 Å². The molecule has 0 aliphatic rings. The summed E-state index contributed by atoms with van der Waals surface area (Å²) in [6.07, 6.45) is 4.13. The second-order valence-electron chi connectivity index (χ2n) is 4.08. The van der Waals surface area contributed by atoms with Crippen molar-refractivity contribution in [2.24, 2.45) is 7.05 Å². The molecule has 1 heterocycles. The topological polar surface area (TPSA) is 116 Å². The van der Waals surface area contributed by atoms with Crippen LogP contribution in [-0.4, -0.2) is 51.2 Å². The molecule has 1 aromatic rings. The van der Waals surface area contributed by atoms with Crippen molar-refractivity contribution < 1.29 is 19.8 Å². The molecule has 8 nitrogen and oxygen atoms in total. The van der Waals surface area contributed by atoms with E-state index in [2.05, 4.69) is 15.7 Å². The first kappa shape index (κ1) is 15.0. The van der Waals surface area contributed by atoms with E-state index in [0.29, 0.717) is 13.0 Å². The third-order valence-electron chi connectivity index (χ3n) is 2.48. The molecule has 1 rings (SSSR count). The van der Waals surface area contributed by atoms with Gasteiger partial charge in [-0.25, -0.2) is 9.59 Å². The van der Waals surface area contributed by atoms with Crippen LogP contribution in [0.3, 0.4) is 0 Å². The number of carbonyl (C=O) groups is 2. The molecule has 0 aliphatic heterocycles. The van der Waals surface area contributed by atoms with E-state index in [4.69, 9.17) is 10.2 Å². The van der Waals surface area contributed by atoms with Crippen LogP contribution in [-0.2, 0) is 18.3 Å². The SMILES string of the molecule is Cn1cc(CCNC(=O)N[C@H](CCO)C(=O)O)cn1. The fourth-order valence-electron chi connectivity index (χ4n) is 1.52. The number of hydrogen-bond donors (Lipinski definition) is 4. The van der Waals surface area contributed by atoms with Gasteiger partial charge in [-0.15, -0.1) is 0 Å². The normalized spacial score (nSPS) is 11.9. The minimum absolute atomic E-state index is 0.0225. The minimum atomic E-state index is -1.17. The van der Waals surface area contributed by atoms with Gasteiger partial charge in [0.15, 0.2) is 0 Å². The van der Waals surface area contributed by atoms with Crippen molar-refractivity contribution in [3.8, 4) is 0 Å². The van der Waals surface area contributed by atoms with Gasteiger partial charge in [-0.05, 0) is 12.0 Å². The lowest BCUT2D eigenvalue weighted by atomic mass is 10.2. The number of aromatic nitrogens is 2. The predicted octanol–water partition coefficient (Wildman–Crippen LogP) is -0.903. The largest absolute Gasteiger partial charge is 0.480 e. The Labute approximate surface area is 110 Å². The predicted molar refractivity (Wildman–Crippen MR) is 66.6 cm³/mol. The molecular formula is C11H18N4O4. The number of amides is 2. The summed E-state index contributed by atoms with van der Waals surface area (Å²) >= 11 is 0. The maximum Gasteiger partial charge on any atom is 0.326 e. The van der Waals surface area contributed by atoms with Crippen molar-refractivity contribution in [1.82, 2.24) is 20.4 Å². The van der Waals surface area contributed by atoms with Crippen LogP contribution in [0.4, 0.5) is 4.79 Å². The standard InChI is InChI=1S/C11H18N4O4/c1-15-7-8(6-13-15)2-4-12-11(19)14-9(3-5-16)10(17)18/h6-7,9,16H,2-5H2,1H3,(H,17,18)(H2,12,14,19)/t9-/m1/s1.